The average molecular weight is 423 g/mol. The van der Waals surface area contributed by atoms with Gasteiger partial charge < -0.3 is 10.4 Å². The van der Waals surface area contributed by atoms with Crippen molar-refractivity contribution >= 4 is 44.5 Å². The van der Waals surface area contributed by atoms with Crippen LogP contribution in [0.1, 0.15) is 26.7 Å². The topological polar surface area (TPSA) is 98.3 Å². The Hall–Kier alpha value is -1.93. The number of halogens is 1. The quantitative estimate of drug-likeness (QED) is 0.664. The number of aromatic nitrogens is 2. The first-order valence-corrected chi connectivity index (χ1v) is 9.59. The number of nitrogens with one attached hydrogen (secondary N) is 2. The summed E-state index contributed by atoms with van der Waals surface area (Å²) in [6, 6.07) is 5.39. The largest absolute Gasteiger partial charge is 0.394 e. The van der Waals surface area contributed by atoms with Gasteiger partial charge in [0.2, 0.25) is 11.8 Å². The van der Waals surface area contributed by atoms with E-state index in [1.807, 2.05) is 32.0 Å². The van der Waals surface area contributed by atoms with E-state index in [4.69, 9.17) is 0 Å². The Morgan fingerprint density at radius 1 is 1.54 bits per heavy atom. The van der Waals surface area contributed by atoms with Crippen LogP contribution in [0.3, 0.4) is 0 Å². The van der Waals surface area contributed by atoms with E-state index < -0.39 is 5.92 Å². The highest BCUT2D eigenvalue weighted by molar-refractivity contribution is 9.10. The molecule has 2 amide bonds. The third-order valence-corrected chi connectivity index (χ3v) is 5.60. The van der Waals surface area contributed by atoms with E-state index in [9.17, 15) is 14.7 Å². The van der Waals surface area contributed by atoms with Crippen LogP contribution in [0.5, 0.6) is 0 Å². The van der Waals surface area contributed by atoms with Gasteiger partial charge in [-0.1, -0.05) is 36.2 Å². The molecule has 140 valence electrons. The predicted octanol–water partition coefficient (Wildman–Crippen LogP) is 2.20. The first-order valence-electron chi connectivity index (χ1n) is 8.79. The van der Waals surface area contributed by atoms with Crippen LogP contribution in [-0.2, 0) is 9.59 Å². The second kappa shape index (κ2) is 7.75. The summed E-state index contributed by atoms with van der Waals surface area (Å²) in [6.45, 7) is 4.19. The fourth-order valence-electron chi connectivity index (χ4n) is 3.22. The summed E-state index contributed by atoms with van der Waals surface area (Å²) >= 11 is 3.41. The molecule has 2 aromatic rings. The van der Waals surface area contributed by atoms with Crippen LogP contribution in [0.25, 0.3) is 10.9 Å². The Kier molecular flexibility index (Phi) is 5.62. The molecule has 3 atom stereocenters. The minimum atomic E-state index is -0.442. The van der Waals surface area contributed by atoms with Crippen molar-refractivity contribution in [2.75, 3.05) is 18.1 Å². The average Bonchev–Trinajstić information content (AvgIpc) is 3.21. The molecule has 1 aromatic carbocycles. The normalized spacial score (nSPS) is 19.8. The number of aliphatic hydroxyl groups is 1. The molecule has 0 unspecified atom stereocenters. The molecule has 1 aliphatic heterocycles. The van der Waals surface area contributed by atoms with Crippen molar-refractivity contribution in [3.05, 3.63) is 22.7 Å². The van der Waals surface area contributed by atoms with Gasteiger partial charge in [0.05, 0.1) is 24.1 Å². The van der Waals surface area contributed by atoms with Crippen LogP contribution in [0.4, 0.5) is 5.82 Å². The number of aliphatic hydroxyl groups excluding tert-OH is 1. The number of amides is 2. The summed E-state index contributed by atoms with van der Waals surface area (Å²) in [7, 11) is 0. The first kappa shape index (κ1) is 18.8. The van der Waals surface area contributed by atoms with Crippen molar-refractivity contribution in [1.29, 1.82) is 0 Å². The lowest BCUT2D eigenvalue weighted by Gasteiger charge is -2.23. The van der Waals surface area contributed by atoms with Crippen molar-refractivity contribution in [2.45, 2.75) is 32.7 Å². The van der Waals surface area contributed by atoms with Gasteiger partial charge in [0.25, 0.3) is 0 Å². The second-order valence-corrected chi connectivity index (χ2v) is 7.74. The molecule has 0 radical (unpaired) electrons. The van der Waals surface area contributed by atoms with E-state index in [-0.39, 0.29) is 36.8 Å². The van der Waals surface area contributed by atoms with Gasteiger partial charge in [0, 0.05) is 22.8 Å². The Morgan fingerprint density at radius 2 is 2.31 bits per heavy atom. The maximum absolute atomic E-state index is 12.6. The van der Waals surface area contributed by atoms with Crippen LogP contribution in [0, 0.1) is 11.8 Å². The molecule has 0 bridgehead atoms. The molecule has 2 heterocycles. The molecule has 1 aromatic heterocycles. The van der Waals surface area contributed by atoms with Crippen LogP contribution in [0.2, 0.25) is 0 Å². The molecule has 26 heavy (non-hydrogen) atoms. The summed E-state index contributed by atoms with van der Waals surface area (Å²) in [5.41, 5.74) is 0.826. The lowest BCUT2D eigenvalue weighted by molar-refractivity contribution is -0.127. The summed E-state index contributed by atoms with van der Waals surface area (Å²) in [6.07, 6.45) is 1.01. The number of nitrogens with zero attached hydrogens (tertiary/aromatic N) is 2. The standard InChI is InChI=1S/C18H23BrN4O3/c1-3-10(2)15(9-24)20-18(26)11-6-16(25)23(8-11)17-13-5-4-12(19)7-14(13)21-22-17/h4-5,7,10-11,15,24H,3,6,8-9H2,1-2H3,(H,20,26)(H,21,22)/t10-,11+,15-/m0/s1. The zero-order valence-corrected chi connectivity index (χ0v) is 16.4. The predicted molar refractivity (Wildman–Crippen MR) is 103 cm³/mol. The zero-order chi connectivity index (χ0) is 18.8. The molecule has 0 aliphatic carbocycles. The number of benzene rings is 1. The van der Waals surface area contributed by atoms with Crippen molar-refractivity contribution in [2.24, 2.45) is 11.8 Å². The molecule has 3 rings (SSSR count). The Balaban J connectivity index is 1.74. The maximum Gasteiger partial charge on any atom is 0.229 e. The van der Waals surface area contributed by atoms with E-state index in [2.05, 4.69) is 31.4 Å². The SMILES string of the molecule is CC[C@H](C)[C@H](CO)NC(=O)[C@@H]1CC(=O)N(c2n[nH]c3cc(Br)ccc23)C1. The Labute approximate surface area is 160 Å². The van der Waals surface area contributed by atoms with Crippen LogP contribution in [0.15, 0.2) is 22.7 Å². The van der Waals surface area contributed by atoms with Gasteiger partial charge in [0.15, 0.2) is 5.82 Å². The van der Waals surface area contributed by atoms with E-state index in [0.29, 0.717) is 12.4 Å². The number of H-pyrrole nitrogens is 1. The third kappa shape index (κ3) is 3.61. The minimum Gasteiger partial charge on any atom is -0.394 e. The molecule has 8 heteroatoms. The highest BCUT2D eigenvalue weighted by Gasteiger charge is 2.37. The molecule has 1 fully saturated rings. The third-order valence-electron chi connectivity index (χ3n) is 5.11. The van der Waals surface area contributed by atoms with Crippen LogP contribution >= 0.6 is 15.9 Å². The summed E-state index contributed by atoms with van der Waals surface area (Å²) in [5.74, 6) is -0.0320. The lowest BCUT2D eigenvalue weighted by Crippen LogP contribution is -2.45. The maximum atomic E-state index is 12.6. The number of hydrogen-bond donors (Lipinski definition) is 3. The van der Waals surface area contributed by atoms with Gasteiger partial charge in [-0.2, -0.15) is 5.10 Å². The minimum absolute atomic E-state index is 0.107. The monoisotopic (exact) mass is 422 g/mol. The summed E-state index contributed by atoms with van der Waals surface area (Å²) in [5, 5.41) is 20.4. The zero-order valence-electron chi connectivity index (χ0n) is 14.8. The molecule has 0 saturated carbocycles. The van der Waals surface area contributed by atoms with Crippen molar-refractivity contribution in [3.8, 4) is 0 Å². The summed E-state index contributed by atoms with van der Waals surface area (Å²) < 4.78 is 0.922. The highest BCUT2D eigenvalue weighted by Crippen LogP contribution is 2.31. The molecular formula is C18H23BrN4O3. The van der Waals surface area contributed by atoms with E-state index in [1.165, 1.54) is 0 Å². The lowest BCUT2D eigenvalue weighted by atomic mass is 9.98. The van der Waals surface area contributed by atoms with E-state index in [0.717, 1.165) is 21.8 Å². The van der Waals surface area contributed by atoms with Crippen LogP contribution < -0.4 is 10.2 Å². The highest BCUT2D eigenvalue weighted by atomic mass is 79.9. The summed E-state index contributed by atoms with van der Waals surface area (Å²) in [4.78, 5) is 26.6. The number of carbonyl (C=O) groups excluding carboxylic acids is 2. The van der Waals surface area contributed by atoms with Gasteiger partial charge in [-0.3, -0.25) is 19.6 Å². The Morgan fingerprint density at radius 3 is 3.00 bits per heavy atom. The van der Waals surface area contributed by atoms with E-state index in [1.54, 1.807) is 4.90 Å². The smallest absolute Gasteiger partial charge is 0.229 e. The number of carbonyl (C=O) groups is 2. The first-order chi connectivity index (χ1) is 12.4. The van der Waals surface area contributed by atoms with Gasteiger partial charge in [-0.15, -0.1) is 0 Å². The van der Waals surface area contributed by atoms with E-state index >= 15 is 0 Å². The number of fused-ring (bicyclic) bond motifs is 1. The number of aromatic amines is 1. The number of anilines is 1. The molecule has 0 spiro atoms. The fourth-order valence-corrected chi connectivity index (χ4v) is 3.59. The Bertz CT molecular complexity index is 822. The molecule has 1 saturated heterocycles. The second-order valence-electron chi connectivity index (χ2n) is 6.83. The van der Waals surface area contributed by atoms with Gasteiger partial charge in [-0.25, -0.2) is 0 Å². The van der Waals surface area contributed by atoms with Gasteiger partial charge >= 0.3 is 0 Å². The van der Waals surface area contributed by atoms with Crippen molar-refractivity contribution in [3.63, 3.8) is 0 Å². The number of hydrogen-bond acceptors (Lipinski definition) is 4. The number of rotatable bonds is 6. The van der Waals surface area contributed by atoms with Crippen LogP contribution in [-0.4, -0.2) is 46.3 Å². The molecule has 1 aliphatic rings. The van der Waals surface area contributed by atoms with Gasteiger partial charge in [0.1, 0.15) is 0 Å². The van der Waals surface area contributed by atoms with Gasteiger partial charge in [-0.05, 0) is 24.1 Å². The van der Waals surface area contributed by atoms with Crippen molar-refractivity contribution in [1.82, 2.24) is 15.5 Å². The van der Waals surface area contributed by atoms with Crippen molar-refractivity contribution < 1.29 is 14.7 Å². The molecular weight excluding hydrogens is 400 g/mol. The fraction of sp³-hybridized carbons (Fsp3) is 0.500. The molecule has 7 nitrogen and oxygen atoms in total. The molecule has 3 N–H and O–H groups in total.